The summed E-state index contributed by atoms with van der Waals surface area (Å²) < 4.78 is 12.2. The first-order valence-corrected chi connectivity index (χ1v) is 7.65. The molecule has 1 aromatic heterocycles. The van der Waals surface area contributed by atoms with Crippen molar-refractivity contribution in [3.63, 3.8) is 0 Å². The second-order valence-corrected chi connectivity index (χ2v) is 5.71. The van der Waals surface area contributed by atoms with E-state index in [1.165, 1.54) is 12.8 Å². The van der Waals surface area contributed by atoms with Crippen molar-refractivity contribution in [3.05, 3.63) is 41.2 Å². The van der Waals surface area contributed by atoms with Gasteiger partial charge in [-0.2, -0.15) is 5.10 Å². The average Bonchev–Trinajstić information content (AvgIpc) is 3.35. The summed E-state index contributed by atoms with van der Waals surface area (Å²) in [6.07, 6.45) is 2.34. The molecule has 1 saturated carbocycles. The van der Waals surface area contributed by atoms with Crippen LogP contribution in [-0.4, -0.2) is 29.9 Å². The fourth-order valence-corrected chi connectivity index (χ4v) is 2.54. The van der Waals surface area contributed by atoms with Gasteiger partial charge in [-0.1, -0.05) is 0 Å². The summed E-state index contributed by atoms with van der Waals surface area (Å²) in [5, 5.41) is 7.34. The van der Waals surface area contributed by atoms with Crippen molar-refractivity contribution in [1.29, 1.82) is 0 Å². The first kappa shape index (κ1) is 15.4. The lowest BCUT2D eigenvalue weighted by Gasteiger charge is -2.11. The molecule has 23 heavy (non-hydrogen) atoms. The molecule has 1 aliphatic carbocycles. The number of hydrogen-bond donors (Lipinski definition) is 1. The van der Waals surface area contributed by atoms with E-state index in [4.69, 9.17) is 9.47 Å². The van der Waals surface area contributed by atoms with Crippen molar-refractivity contribution in [1.82, 2.24) is 15.1 Å². The van der Waals surface area contributed by atoms with Gasteiger partial charge in [0, 0.05) is 31.1 Å². The molecule has 0 atom stereocenters. The highest BCUT2D eigenvalue weighted by Gasteiger charge is 2.28. The van der Waals surface area contributed by atoms with Gasteiger partial charge in [-0.25, -0.2) is 0 Å². The number of carbonyl (C=O) groups excluding carboxylic acids is 1. The standard InChI is InChI=1S/C17H21N3O3/c1-20-15(9-14(19-20)11-4-5-11)17(21)18-10-12-6-7-13(22-2)8-16(12)23-3/h6-9,11H,4-5,10H2,1-3H3,(H,18,21). The highest BCUT2D eigenvalue weighted by molar-refractivity contribution is 5.92. The fourth-order valence-electron chi connectivity index (χ4n) is 2.54. The minimum atomic E-state index is -0.134. The molecular formula is C17H21N3O3. The van der Waals surface area contributed by atoms with Crippen molar-refractivity contribution in [3.8, 4) is 11.5 Å². The van der Waals surface area contributed by atoms with Crippen LogP contribution in [0.5, 0.6) is 11.5 Å². The van der Waals surface area contributed by atoms with Crippen LogP contribution in [0.1, 0.15) is 40.5 Å². The van der Waals surface area contributed by atoms with Crippen LogP contribution in [0.15, 0.2) is 24.3 Å². The van der Waals surface area contributed by atoms with Crippen LogP contribution in [0, 0.1) is 0 Å². The summed E-state index contributed by atoms with van der Waals surface area (Å²) in [5.74, 6) is 1.81. The molecule has 1 heterocycles. The van der Waals surface area contributed by atoms with E-state index in [2.05, 4.69) is 10.4 Å². The van der Waals surface area contributed by atoms with E-state index in [1.807, 2.05) is 18.2 Å². The van der Waals surface area contributed by atoms with Gasteiger partial charge >= 0.3 is 0 Å². The molecule has 1 fully saturated rings. The smallest absolute Gasteiger partial charge is 0.269 e. The predicted molar refractivity (Wildman–Crippen MR) is 85.9 cm³/mol. The van der Waals surface area contributed by atoms with Gasteiger partial charge in [0.15, 0.2) is 0 Å². The lowest BCUT2D eigenvalue weighted by Crippen LogP contribution is -2.25. The van der Waals surface area contributed by atoms with Crippen LogP contribution in [0.3, 0.4) is 0 Å². The van der Waals surface area contributed by atoms with E-state index in [0.29, 0.717) is 23.9 Å². The van der Waals surface area contributed by atoms with Crippen LogP contribution in [0.25, 0.3) is 0 Å². The van der Waals surface area contributed by atoms with Crippen molar-refractivity contribution in [2.75, 3.05) is 14.2 Å². The lowest BCUT2D eigenvalue weighted by molar-refractivity contribution is 0.0941. The summed E-state index contributed by atoms with van der Waals surface area (Å²) in [6, 6.07) is 7.42. The molecule has 6 nitrogen and oxygen atoms in total. The number of hydrogen-bond acceptors (Lipinski definition) is 4. The summed E-state index contributed by atoms with van der Waals surface area (Å²) in [6.45, 7) is 0.385. The number of aromatic nitrogens is 2. The Morgan fingerprint density at radius 2 is 2.09 bits per heavy atom. The monoisotopic (exact) mass is 315 g/mol. The first-order chi connectivity index (χ1) is 11.1. The van der Waals surface area contributed by atoms with Crippen LogP contribution in [-0.2, 0) is 13.6 Å². The zero-order valence-corrected chi connectivity index (χ0v) is 13.6. The van der Waals surface area contributed by atoms with Gasteiger partial charge < -0.3 is 14.8 Å². The summed E-state index contributed by atoms with van der Waals surface area (Å²) in [7, 11) is 5.01. The highest BCUT2D eigenvalue weighted by Crippen LogP contribution is 2.39. The predicted octanol–water partition coefficient (Wildman–Crippen LogP) is 2.24. The average molecular weight is 315 g/mol. The quantitative estimate of drug-likeness (QED) is 0.888. The molecule has 0 saturated heterocycles. The van der Waals surface area contributed by atoms with Crippen LogP contribution >= 0.6 is 0 Å². The molecule has 0 spiro atoms. The van der Waals surface area contributed by atoms with E-state index in [9.17, 15) is 4.79 Å². The number of ether oxygens (including phenoxy) is 2. The third-order valence-corrected chi connectivity index (χ3v) is 4.06. The van der Waals surface area contributed by atoms with Crippen LogP contribution < -0.4 is 14.8 Å². The Labute approximate surface area is 135 Å². The summed E-state index contributed by atoms with van der Waals surface area (Å²) in [5.41, 5.74) is 2.49. The molecule has 1 amide bonds. The van der Waals surface area contributed by atoms with Gasteiger partial charge in [0.2, 0.25) is 0 Å². The minimum Gasteiger partial charge on any atom is -0.497 e. The van der Waals surface area contributed by atoms with Gasteiger partial charge in [0.1, 0.15) is 17.2 Å². The maximum atomic E-state index is 12.4. The third kappa shape index (κ3) is 3.31. The Morgan fingerprint density at radius 3 is 2.74 bits per heavy atom. The number of methoxy groups -OCH3 is 2. The summed E-state index contributed by atoms with van der Waals surface area (Å²) in [4.78, 5) is 12.4. The second-order valence-electron chi connectivity index (χ2n) is 5.71. The SMILES string of the molecule is COc1ccc(CNC(=O)c2cc(C3CC3)nn2C)c(OC)c1. The lowest BCUT2D eigenvalue weighted by atomic mass is 10.2. The van der Waals surface area contributed by atoms with Crippen molar-refractivity contribution in [2.45, 2.75) is 25.3 Å². The number of nitrogens with one attached hydrogen (secondary N) is 1. The van der Waals surface area contributed by atoms with E-state index in [-0.39, 0.29) is 5.91 Å². The van der Waals surface area contributed by atoms with Gasteiger partial charge in [-0.3, -0.25) is 9.48 Å². The number of rotatable bonds is 6. The molecule has 0 radical (unpaired) electrons. The summed E-state index contributed by atoms with van der Waals surface area (Å²) >= 11 is 0. The molecule has 0 unspecified atom stereocenters. The molecule has 2 aromatic rings. The number of nitrogens with zero attached hydrogens (tertiary/aromatic N) is 2. The van der Waals surface area contributed by atoms with Crippen molar-refractivity contribution in [2.24, 2.45) is 7.05 Å². The fraction of sp³-hybridized carbons (Fsp3) is 0.412. The Bertz CT molecular complexity index is 720. The molecule has 0 bridgehead atoms. The topological polar surface area (TPSA) is 65.4 Å². The number of benzene rings is 1. The minimum absolute atomic E-state index is 0.134. The molecular weight excluding hydrogens is 294 g/mol. The molecule has 1 N–H and O–H groups in total. The highest BCUT2D eigenvalue weighted by atomic mass is 16.5. The zero-order chi connectivity index (χ0) is 16.4. The number of amides is 1. The Morgan fingerprint density at radius 1 is 1.30 bits per heavy atom. The van der Waals surface area contributed by atoms with E-state index in [1.54, 1.807) is 32.0 Å². The molecule has 1 aromatic carbocycles. The Balaban J connectivity index is 1.69. The normalized spacial score (nSPS) is 13.7. The van der Waals surface area contributed by atoms with E-state index >= 15 is 0 Å². The van der Waals surface area contributed by atoms with Gasteiger partial charge in [-0.15, -0.1) is 0 Å². The van der Waals surface area contributed by atoms with Gasteiger partial charge in [0.05, 0.1) is 19.9 Å². The number of carbonyl (C=O) groups is 1. The van der Waals surface area contributed by atoms with Crippen molar-refractivity contribution >= 4 is 5.91 Å². The largest absolute Gasteiger partial charge is 0.497 e. The maximum absolute atomic E-state index is 12.4. The van der Waals surface area contributed by atoms with Crippen LogP contribution in [0.4, 0.5) is 0 Å². The first-order valence-electron chi connectivity index (χ1n) is 7.65. The zero-order valence-electron chi connectivity index (χ0n) is 13.6. The molecule has 3 rings (SSSR count). The third-order valence-electron chi connectivity index (χ3n) is 4.06. The second kappa shape index (κ2) is 6.32. The number of aryl methyl sites for hydroxylation is 1. The van der Waals surface area contributed by atoms with Crippen molar-refractivity contribution < 1.29 is 14.3 Å². The van der Waals surface area contributed by atoms with Crippen LogP contribution in [0.2, 0.25) is 0 Å². The van der Waals surface area contributed by atoms with Gasteiger partial charge in [0.25, 0.3) is 5.91 Å². The van der Waals surface area contributed by atoms with E-state index < -0.39 is 0 Å². The molecule has 6 heteroatoms. The Hall–Kier alpha value is -2.50. The molecule has 1 aliphatic rings. The van der Waals surface area contributed by atoms with E-state index in [0.717, 1.165) is 17.0 Å². The maximum Gasteiger partial charge on any atom is 0.269 e. The molecule has 0 aliphatic heterocycles. The molecule has 122 valence electrons. The Kier molecular flexibility index (Phi) is 4.23. The van der Waals surface area contributed by atoms with Gasteiger partial charge in [-0.05, 0) is 31.0 Å².